The Kier molecular flexibility index (Phi) is 8.35. The van der Waals surface area contributed by atoms with Crippen LogP contribution >= 0.6 is 0 Å². The van der Waals surface area contributed by atoms with E-state index in [0.717, 1.165) is 10.9 Å². The number of fused-ring (bicyclic) bond motifs is 2. The fourth-order valence-corrected chi connectivity index (χ4v) is 6.08. The van der Waals surface area contributed by atoms with Crippen molar-refractivity contribution in [3.8, 4) is 5.88 Å². The van der Waals surface area contributed by atoms with Crippen LogP contribution in [0.4, 0.5) is 11.6 Å². The number of nitrogens with one attached hydrogen (secondary N) is 1. The molecule has 3 aromatic heterocycles. The molecule has 0 bridgehead atoms. The Hall–Kier alpha value is -3.31. The zero-order chi connectivity index (χ0) is 30.3. The first-order valence-electron chi connectivity index (χ1n) is 14.1. The summed E-state index contributed by atoms with van der Waals surface area (Å²) >= 11 is 0. The van der Waals surface area contributed by atoms with E-state index >= 15 is 0 Å². The number of carbonyl (C=O) groups is 1. The number of ether oxygens (including phenoxy) is 2. The van der Waals surface area contributed by atoms with E-state index in [2.05, 4.69) is 15.3 Å². The molecule has 10 nitrogen and oxygen atoms in total. The van der Waals surface area contributed by atoms with Crippen molar-refractivity contribution in [3.05, 3.63) is 47.4 Å². The number of nitrogens with two attached hydrogens (primary N) is 1. The predicted molar refractivity (Wildman–Crippen MR) is 160 cm³/mol. The van der Waals surface area contributed by atoms with Gasteiger partial charge >= 0.3 is 5.97 Å². The van der Waals surface area contributed by atoms with Crippen LogP contribution in [0.1, 0.15) is 95.8 Å². The largest absolute Gasteiger partial charge is 0.474 e. The number of rotatable bonds is 10. The minimum atomic E-state index is -3.18. The van der Waals surface area contributed by atoms with Crippen LogP contribution in [0.5, 0.6) is 5.88 Å². The van der Waals surface area contributed by atoms with Gasteiger partial charge in [0.1, 0.15) is 17.2 Å². The van der Waals surface area contributed by atoms with Gasteiger partial charge in [-0.1, -0.05) is 20.8 Å². The highest BCUT2D eigenvalue weighted by Gasteiger charge is 2.40. The number of pyridine rings is 3. The maximum absolute atomic E-state index is 12.5. The van der Waals surface area contributed by atoms with Crippen LogP contribution in [-0.4, -0.2) is 52.0 Å². The van der Waals surface area contributed by atoms with Crippen molar-refractivity contribution in [2.45, 2.75) is 96.6 Å². The van der Waals surface area contributed by atoms with Crippen LogP contribution < -0.4 is 15.8 Å². The van der Waals surface area contributed by atoms with Crippen molar-refractivity contribution < 1.29 is 22.7 Å². The number of hydrogen-bond donors (Lipinski definition) is 2. The maximum atomic E-state index is 12.5. The Morgan fingerprint density at radius 3 is 2.51 bits per heavy atom. The first kappa shape index (κ1) is 30.6. The van der Waals surface area contributed by atoms with Crippen LogP contribution in [0, 0.1) is 0 Å². The van der Waals surface area contributed by atoms with E-state index in [1.807, 2.05) is 47.6 Å². The number of carbonyl (C=O) groups excluding carboxylic acids is 1. The second kappa shape index (κ2) is 11.2. The summed E-state index contributed by atoms with van der Waals surface area (Å²) in [7, 11) is -3.18. The second-order valence-electron chi connectivity index (χ2n) is 11.8. The summed E-state index contributed by atoms with van der Waals surface area (Å²) in [6.45, 7) is 14.9. The summed E-state index contributed by atoms with van der Waals surface area (Å²) in [5.41, 5.74) is 7.30. The molecule has 4 atom stereocenters. The van der Waals surface area contributed by atoms with E-state index in [1.54, 1.807) is 38.4 Å². The second-order valence-corrected chi connectivity index (χ2v) is 14.5. The van der Waals surface area contributed by atoms with Gasteiger partial charge in [0.25, 0.3) is 0 Å². The fourth-order valence-electron chi connectivity index (χ4n) is 4.95. The van der Waals surface area contributed by atoms with Crippen LogP contribution in [0.25, 0.3) is 10.8 Å². The SMILES string of the molecule is CC[C@@](C)(N)c1cnc(O[C@H](C)C[C@@H](C)S(=O)(=O)CC)c2cnc(Nc3ccc4c(n3)[C@@H](C)C(C)(C)OC4=O)cc12. The molecule has 0 spiro atoms. The number of nitrogens with zero attached hydrogens (tertiary/aromatic N) is 3. The standard InChI is InChI=1S/C30H41N5O5S/c1-9-30(8,31)23-16-33-27(39-17(3)13-18(4)41(37,38)10-2)22-15-32-25(14-21(22)23)34-24-12-11-20-26(35-24)19(5)29(6,7)40-28(20)36/h11-12,14-19H,9-10,13,31H2,1-8H3,(H,32,34,35)/t17-,18-,19-,30-/m1/s1. The number of aromatic nitrogens is 3. The van der Waals surface area contributed by atoms with Crippen molar-refractivity contribution in [1.29, 1.82) is 0 Å². The molecule has 1 aliphatic rings. The number of esters is 1. The molecule has 0 aliphatic carbocycles. The average Bonchev–Trinajstić information content (AvgIpc) is 2.91. The lowest BCUT2D eigenvalue weighted by Crippen LogP contribution is -2.39. The highest BCUT2D eigenvalue weighted by molar-refractivity contribution is 7.91. The molecule has 0 saturated carbocycles. The Bertz CT molecular complexity index is 1570. The van der Waals surface area contributed by atoms with Crippen LogP contribution in [0.3, 0.4) is 0 Å². The van der Waals surface area contributed by atoms with E-state index in [-0.39, 0.29) is 17.6 Å². The van der Waals surface area contributed by atoms with Gasteiger partial charge < -0.3 is 20.5 Å². The van der Waals surface area contributed by atoms with Crippen LogP contribution in [0.15, 0.2) is 30.6 Å². The third-order valence-electron chi connectivity index (χ3n) is 8.29. The molecule has 0 saturated heterocycles. The molecule has 41 heavy (non-hydrogen) atoms. The third-order valence-corrected chi connectivity index (χ3v) is 10.5. The Labute approximate surface area is 242 Å². The van der Waals surface area contributed by atoms with Gasteiger partial charge in [0.2, 0.25) is 5.88 Å². The van der Waals surface area contributed by atoms with E-state index in [4.69, 9.17) is 20.2 Å². The summed E-state index contributed by atoms with van der Waals surface area (Å²) in [6.07, 6.45) is 4.02. The maximum Gasteiger partial charge on any atom is 0.340 e. The first-order chi connectivity index (χ1) is 19.1. The average molecular weight is 584 g/mol. The lowest BCUT2D eigenvalue weighted by atomic mass is 9.84. The van der Waals surface area contributed by atoms with Gasteiger partial charge in [0.15, 0.2) is 9.84 Å². The van der Waals surface area contributed by atoms with Gasteiger partial charge in [-0.05, 0) is 70.2 Å². The summed E-state index contributed by atoms with van der Waals surface area (Å²) < 4.78 is 36.3. The molecular weight excluding hydrogens is 542 g/mol. The summed E-state index contributed by atoms with van der Waals surface area (Å²) in [5, 5.41) is 4.23. The third kappa shape index (κ3) is 6.16. The molecule has 1 aliphatic heterocycles. The van der Waals surface area contributed by atoms with Crippen molar-refractivity contribution in [2.75, 3.05) is 11.1 Å². The molecule has 3 N–H and O–H groups in total. The van der Waals surface area contributed by atoms with Gasteiger partial charge in [-0.15, -0.1) is 0 Å². The highest BCUT2D eigenvalue weighted by atomic mass is 32.2. The van der Waals surface area contributed by atoms with Crippen molar-refractivity contribution in [1.82, 2.24) is 15.0 Å². The Morgan fingerprint density at radius 2 is 1.85 bits per heavy atom. The summed E-state index contributed by atoms with van der Waals surface area (Å²) in [5.74, 6) is 1.06. The number of hydrogen-bond acceptors (Lipinski definition) is 10. The van der Waals surface area contributed by atoms with E-state index in [9.17, 15) is 13.2 Å². The van der Waals surface area contributed by atoms with Crippen LogP contribution in [0.2, 0.25) is 0 Å². The first-order valence-corrected chi connectivity index (χ1v) is 15.8. The normalized spacial score (nSPS) is 19.5. The zero-order valence-electron chi connectivity index (χ0n) is 25.1. The molecular formula is C30H41N5O5S. The molecule has 4 heterocycles. The molecule has 0 fully saturated rings. The minimum absolute atomic E-state index is 0.0857. The highest BCUT2D eigenvalue weighted by Crippen LogP contribution is 2.38. The van der Waals surface area contributed by atoms with Crippen LogP contribution in [-0.2, 0) is 20.1 Å². The molecule has 3 aromatic rings. The smallest absolute Gasteiger partial charge is 0.340 e. The monoisotopic (exact) mass is 583 g/mol. The summed E-state index contributed by atoms with van der Waals surface area (Å²) in [6, 6.07) is 5.33. The number of anilines is 2. The Morgan fingerprint density at radius 1 is 1.15 bits per heavy atom. The van der Waals surface area contributed by atoms with E-state index in [0.29, 0.717) is 47.0 Å². The molecule has 222 valence electrons. The minimum Gasteiger partial charge on any atom is -0.474 e. The number of cyclic esters (lactones) is 1. The lowest BCUT2D eigenvalue weighted by molar-refractivity contribution is -0.0189. The van der Waals surface area contributed by atoms with Gasteiger partial charge in [0.05, 0.1) is 28.0 Å². The fraction of sp³-hybridized carbons (Fsp3) is 0.533. The topological polar surface area (TPSA) is 146 Å². The number of sulfone groups is 1. The van der Waals surface area contributed by atoms with Gasteiger partial charge in [-0.25, -0.2) is 28.2 Å². The van der Waals surface area contributed by atoms with Gasteiger partial charge in [-0.3, -0.25) is 0 Å². The molecule has 0 radical (unpaired) electrons. The molecule has 11 heteroatoms. The Balaban J connectivity index is 1.70. The van der Waals surface area contributed by atoms with Crippen molar-refractivity contribution in [2.24, 2.45) is 5.73 Å². The predicted octanol–water partition coefficient (Wildman–Crippen LogP) is 5.39. The lowest BCUT2D eigenvalue weighted by Gasteiger charge is -2.36. The molecule has 0 unspecified atom stereocenters. The van der Waals surface area contributed by atoms with E-state index in [1.165, 1.54) is 0 Å². The quantitative estimate of drug-likeness (QED) is 0.298. The zero-order valence-corrected chi connectivity index (χ0v) is 25.9. The van der Waals surface area contributed by atoms with E-state index < -0.39 is 32.3 Å². The van der Waals surface area contributed by atoms with Crippen molar-refractivity contribution >= 4 is 38.2 Å². The van der Waals surface area contributed by atoms with Crippen molar-refractivity contribution in [3.63, 3.8) is 0 Å². The van der Waals surface area contributed by atoms with Gasteiger partial charge in [0, 0.05) is 36.0 Å². The molecule has 0 aromatic carbocycles. The molecule has 0 amide bonds. The molecule has 4 rings (SSSR count). The van der Waals surface area contributed by atoms with Gasteiger partial charge in [-0.2, -0.15) is 0 Å². The summed E-state index contributed by atoms with van der Waals surface area (Å²) in [4.78, 5) is 26.4.